The molecule has 2 aromatic heterocycles. The molecule has 6 heteroatoms. The topological polar surface area (TPSA) is 56.0 Å². The Bertz CT molecular complexity index is 1000. The second kappa shape index (κ2) is 6.83. The van der Waals surface area contributed by atoms with Crippen LogP contribution in [0.15, 0.2) is 24.3 Å². The number of imidazole rings is 1. The number of hydrogen-bond donors (Lipinski definition) is 0. The fourth-order valence-electron chi connectivity index (χ4n) is 4.41. The van der Waals surface area contributed by atoms with E-state index in [1.54, 1.807) is 0 Å². The third kappa shape index (κ3) is 2.93. The van der Waals surface area contributed by atoms with Gasteiger partial charge >= 0.3 is 0 Å². The molecule has 1 aromatic carbocycles. The van der Waals surface area contributed by atoms with E-state index in [9.17, 15) is 4.79 Å². The summed E-state index contributed by atoms with van der Waals surface area (Å²) in [6, 6.07) is 8.18. The second-order valence-electron chi connectivity index (χ2n) is 7.42. The van der Waals surface area contributed by atoms with E-state index in [2.05, 4.69) is 29.6 Å². The molecule has 3 heterocycles. The Morgan fingerprint density at radius 2 is 2.04 bits per heavy atom. The van der Waals surface area contributed by atoms with Crippen LogP contribution in [0.5, 0.6) is 0 Å². The summed E-state index contributed by atoms with van der Waals surface area (Å²) in [6.07, 6.45) is 2.91. The molecule has 1 saturated heterocycles. The molecule has 6 nitrogen and oxygen atoms in total. The molecule has 1 unspecified atom stereocenters. The van der Waals surface area contributed by atoms with Gasteiger partial charge in [-0.3, -0.25) is 9.48 Å². The molecule has 0 bridgehead atoms. The summed E-state index contributed by atoms with van der Waals surface area (Å²) in [5, 5.41) is 4.59. The first kappa shape index (κ1) is 17.8. The van der Waals surface area contributed by atoms with Crippen molar-refractivity contribution in [2.45, 2.75) is 52.6 Å². The summed E-state index contributed by atoms with van der Waals surface area (Å²) in [6.45, 7) is 7.29. The van der Waals surface area contributed by atoms with Crippen LogP contribution in [-0.4, -0.2) is 36.7 Å². The number of carbonyl (C=O) groups excluding carboxylic acids is 1. The van der Waals surface area contributed by atoms with Crippen LogP contribution in [0.1, 0.15) is 48.6 Å². The predicted molar refractivity (Wildman–Crippen MR) is 105 cm³/mol. The maximum atomic E-state index is 13.1. The number of amides is 1. The van der Waals surface area contributed by atoms with E-state index in [1.165, 1.54) is 5.56 Å². The number of aryl methyl sites for hydroxylation is 2. The normalized spacial score (nSPS) is 17.2. The third-order valence-electron chi connectivity index (χ3n) is 5.86. The van der Waals surface area contributed by atoms with Gasteiger partial charge in [-0.05, 0) is 50.8 Å². The van der Waals surface area contributed by atoms with Crippen LogP contribution in [0.2, 0.25) is 0 Å². The lowest BCUT2D eigenvalue weighted by molar-refractivity contribution is -0.133. The van der Waals surface area contributed by atoms with Gasteiger partial charge in [-0.2, -0.15) is 5.10 Å². The van der Waals surface area contributed by atoms with Crippen LogP contribution in [0.25, 0.3) is 11.0 Å². The van der Waals surface area contributed by atoms with Crippen molar-refractivity contribution >= 4 is 16.9 Å². The zero-order valence-electron chi connectivity index (χ0n) is 16.6. The summed E-state index contributed by atoms with van der Waals surface area (Å²) in [5.74, 6) is 1.10. The highest BCUT2D eigenvalue weighted by Crippen LogP contribution is 2.33. The van der Waals surface area contributed by atoms with Gasteiger partial charge in [0, 0.05) is 19.3 Å². The van der Waals surface area contributed by atoms with E-state index < -0.39 is 0 Å². The van der Waals surface area contributed by atoms with Crippen molar-refractivity contribution in [3.05, 3.63) is 47.0 Å². The minimum absolute atomic E-state index is 0.0394. The average molecular weight is 365 g/mol. The summed E-state index contributed by atoms with van der Waals surface area (Å²) < 4.78 is 3.99. The zero-order chi connectivity index (χ0) is 19.1. The quantitative estimate of drug-likeness (QED) is 0.713. The highest BCUT2D eigenvalue weighted by Gasteiger charge is 2.33. The predicted octanol–water partition coefficient (Wildman–Crippen LogP) is 3.31. The first-order valence-electron chi connectivity index (χ1n) is 9.75. The van der Waals surface area contributed by atoms with Gasteiger partial charge in [-0.1, -0.05) is 19.1 Å². The molecule has 1 amide bonds. The number of benzene rings is 1. The monoisotopic (exact) mass is 365 g/mol. The molecule has 142 valence electrons. The van der Waals surface area contributed by atoms with Gasteiger partial charge in [0.05, 0.1) is 22.8 Å². The van der Waals surface area contributed by atoms with Crippen LogP contribution in [0.4, 0.5) is 0 Å². The lowest BCUT2D eigenvalue weighted by Gasteiger charge is -2.24. The zero-order valence-corrected chi connectivity index (χ0v) is 16.6. The first-order valence-corrected chi connectivity index (χ1v) is 9.75. The van der Waals surface area contributed by atoms with E-state index in [4.69, 9.17) is 4.98 Å². The number of nitrogens with zero attached hydrogens (tertiary/aromatic N) is 5. The van der Waals surface area contributed by atoms with Gasteiger partial charge in [0.2, 0.25) is 5.91 Å². The van der Waals surface area contributed by atoms with E-state index in [-0.39, 0.29) is 11.9 Å². The van der Waals surface area contributed by atoms with Crippen molar-refractivity contribution < 1.29 is 4.79 Å². The smallest absolute Gasteiger partial charge is 0.244 e. The molecule has 0 aliphatic carbocycles. The van der Waals surface area contributed by atoms with Gasteiger partial charge < -0.3 is 9.47 Å². The third-order valence-corrected chi connectivity index (χ3v) is 5.86. The Balaban J connectivity index is 1.61. The molecule has 4 rings (SSSR count). The average Bonchev–Trinajstić information content (AvgIpc) is 3.33. The Kier molecular flexibility index (Phi) is 4.50. The SMILES string of the molecule is CCc1c(C)nn(CC(=O)N2CCCC2c2nc3ccccc3n2C)c1C. The minimum Gasteiger partial charge on any atom is -0.331 e. The molecular weight excluding hydrogens is 338 g/mol. The van der Waals surface area contributed by atoms with Gasteiger partial charge in [0.1, 0.15) is 12.4 Å². The molecule has 0 N–H and O–H groups in total. The van der Waals surface area contributed by atoms with E-state index >= 15 is 0 Å². The van der Waals surface area contributed by atoms with Crippen LogP contribution in [0, 0.1) is 13.8 Å². The number of likely N-dealkylation sites (tertiary alicyclic amines) is 1. The van der Waals surface area contributed by atoms with Crippen LogP contribution in [0.3, 0.4) is 0 Å². The summed E-state index contributed by atoms with van der Waals surface area (Å²) in [4.78, 5) is 19.9. The molecule has 0 saturated carbocycles. The molecule has 27 heavy (non-hydrogen) atoms. The summed E-state index contributed by atoms with van der Waals surface area (Å²) >= 11 is 0. The Labute approximate surface area is 159 Å². The largest absolute Gasteiger partial charge is 0.331 e. The molecule has 3 aromatic rings. The lowest BCUT2D eigenvalue weighted by Crippen LogP contribution is -2.35. The van der Waals surface area contributed by atoms with Crippen LogP contribution < -0.4 is 0 Å². The van der Waals surface area contributed by atoms with Crippen molar-refractivity contribution in [2.24, 2.45) is 7.05 Å². The van der Waals surface area contributed by atoms with Crippen molar-refractivity contribution in [2.75, 3.05) is 6.54 Å². The minimum atomic E-state index is 0.0394. The summed E-state index contributed by atoms with van der Waals surface area (Å²) in [5.41, 5.74) is 5.47. The van der Waals surface area contributed by atoms with E-state index in [1.807, 2.05) is 41.8 Å². The van der Waals surface area contributed by atoms with E-state index in [0.29, 0.717) is 6.54 Å². The number of hydrogen-bond acceptors (Lipinski definition) is 3. The number of para-hydroxylation sites is 2. The van der Waals surface area contributed by atoms with Gasteiger partial charge in [-0.15, -0.1) is 0 Å². The van der Waals surface area contributed by atoms with Crippen molar-refractivity contribution in [1.82, 2.24) is 24.2 Å². The molecule has 1 fully saturated rings. The van der Waals surface area contributed by atoms with Crippen LogP contribution >= 0.6 is 0 Å². The van der Waals surface area contributed by atoms with Gasteiger partial charge in [0.15, 0.2) is 0 Å². The lowest BCUT2D eigenvalue weighted by atomic mass is 10.1. The fraction of sp³-hybridized carbons (Fsp3) is 0.476. The number of rotatable bonds is 4. The molecule has 1 aliphatic heterocycles. The highest BCUT2D eigenvalue weighted by atomic mass is 16.2. The standard InChI is InChI=1S/C21H27N5O/c1-5-16-14(2)23-26(15(16)3)13-20(27)25-12-8-11-19(25)21-22-17-9-6-7-10-18(17)24(21)4/h6-7,9-10,19H,5,8,11-13H2,1-4H3. The van der Waals surface area contributed by atoms with Crippen molar-refractivity contribution in [3.63, 3.8) is 0 Å². The van der Waals surface area contributed by atoms with Crippen molar-refractivity contribution in [3.8, 4) is 0 Å². The Hall–Kier alpha value is -2.63. The first-order chi connectivity index (χ1) is 13.0. The van der Waals surface area contributed by atoms with Gasteiger partial charge in [-0.25, -0.2) is 4.98 Å². The number of aromatic nitrogens is 4. The van der Waals surface area contributed by atoms with Crippen LogP contribution in [-0.2, 0) is 24.8 Å². The van der Waals surface area contributed by atoms with E-state index in [0.717, 1.165) is 54.1 Å². The molecule has 1 atom stereocenters. The fourth-order valence-corrected chi connectivity index (χ4v) is 4.41. The molecule has 1 aliphatic rings. The second-order valence-corrected chi connectivity index (χ2v) is 7.42. The molecular formula is C21H27N5O. The maximum Gasteiger partial charge on any atom is 0.244 e. The number of carbonyl (C=O) groups is 1. The number of fused-ring (bicyclic) bond motifs is 1. The summed E-state index contributed by atoms with van der Waals surface area (Å²) in [7, 11) is 2.04. The molecule has 0 radical (unpaired) electrons. The maximum absolute atomic E-state index is 13.1. The highest BCUT2D eigenvalue weighted by molar-refractivity contribution is 5.78. The Morgan fingerprint density at radius 3 is 2.74 bits per heavy atom. The Morgan fingerprint density at radius 1 is 1.26 bits per heavy atom. The van der Waals surface area contributed by atoms with Crippen molar-refractivity contribution in [1.29, 1.82) is 0 Å². The molecule has 0 spiro atoms. The van der Waals surface area contributed by atoms with Gasteiger partial charge in [0.25, 0.3) is 0 Å².